The van der Waals surface area contributed by atoms with Gasteiger partial charge in [0.25, 0.3) is 5.91 Å². The number of carbonyl (C=O) groups excluding carboxylic acids is 1. The molecule has 1 aliphatic heterocycles. The fourth-order valence-corrected chi connectivity index (χ4v) is 3.59. The number of fused-ring (bicyclic) bond motifs is 1. The first kappa shape index (κ1) is 16.8. The third kappa shape index (κ3) is 3.01. The minimum atomic E-state index is -0.579. The zero-order valence-electron chi connectivity index (χ0n) is 14.3. The number of hydrogen-bond donors (Lipinski definition) is 1. The van der Waals surface area contributed by atoms with E-state index in [1.165, 1.54) is 18.2 Å². The molecular weight excluding hydrogens is 355 g/mol. The molecule has 3 aromatic rings. The van der Waals surface area contributed by atoms with E-state index in [1.807, 2.05) is 19.1 Å². The van der Waals surface area contributed by atoms with Crippen molar-refractivity contribution in [3.05, 3.63) is 58.6 Å². The predicted molar refractivity (Wildman–Crippen MR) is 100 cm³/mol. The summed E-state index contributed by atoms with van der Waals surface area (Å²) in [6, 6.07) is 10.4. The molecule has 1 amide bonds. The standard InChI is InChI=1S/C19H18ClFN4O/c1-12-22-16-6-5-13(11-17(16)23-12)24-7-9-25(10-8-24)19(26)18-14(20)3-2-4-15(18)21/h2-6,11H,7-10H2,1H3,(H,22,23). The lowest BCUT2D eigenvalue weighted by atomic mass is 10.1. The number of halogens is 2. The second-order valence-corrected chi connectivity index (χ2v) is 6.81. The van der Waals surface area contributed by atoms with Crippen molar-refractivity contribution in [2.75, 3.05) is 31.1 Å². The molecule has 0 radical (unpaired) electrons. The van der Waals surface area contributed by atoms with E-state index in [0.29, 0.717) is 26.2 Å². The van der Waals surface area contributed by atoms with Gasteiger partial charge in [-0.2, -0.15) is 0 Å². The summed E-state index contributed by atoms with van der Waals surface area (Å²) in [6.07, 6.45) is 0. The molecule has 1 saturated heterocycles. The van der Waals surface area contributed by atoms with Gasteiger partial charge in [0, 0.05) is 31.9 Å². The Morgan fingerprint density at radius 2 is 1.96 bits per heavy atom. The number of aryl methyl sites for hydroxylation is 1. The predicted octanol–water partition coefficient (Wildman–Crippen LogP) is 3.63. The van der Waals surface area contributed by atoms with Crippen LogP contribution in [0.5, 0.6) is 0 Å². The third-order valence-electron chi connectivity index (χ3n) is 4.69. The summed E-state index contributed by atoms with van der Waals surface area (Å²) in [5.41, 5.74) is 2.97. The van der Waals surface area contributed by atoms with Crippen LogP contribution in [0.25, 0.3) is 11.0 Å². The van der Waals surface area contributed by atoms with Crippen molar-refractivity contribution in [1.82, 2.24) is 14.9 Å². The highest BCUT2D eigenvalue weighted by Gasteiger charge is 2.26. The highest BCUT2D eigenvalue weighted by atomic mass is 35.5. The molecule has 0 spiro atoms. The number of piperazine rings is 1. The number of benzene rings is 2. The quantitative estimate of drug-likeness (QED) is 0.747. The molecule has 0 atom stereocenters. The zero-order valence-corrected chi connectivity index (χ0v) is 15.1. The van der Waals surface area contributed by atoms with E-state index in [9.17, 15) is 9.18 Å². The summed E-state index contributed by atoms with van der Waals surface area (Å²) >= 11 is 6.02. The molecule has 1 aliphatic rings. The number of aromatic amines is 1. The summed E-state index contributed by atoms with van der Waals surface area (Å²) in [5.74, 6) is -0.0493. The third-order valence-corrected chi connectivity index (χ3v) is 5.01. The van der Waals surface area contributed by atoms with Gasteiger partial charge < -0.3 is 14.8 Å². The summed E-state index contributed by atoms with van der Waals surface area (Å²) in [7, 11) is 0. The van der Waals surface area contributed by atoms with Crippen molar-refractivity contribution in [3.8, 4) is 0 Å². The summed E-state index contributed by atoms with van der Waals surface area (Å²) in [4.78, 5) is 24.1. The second-order valence-electron chi connectivity index (χ2n) is 6.40. The Morgan fingerprint density at radius 1 is 1.19 bits per heavy atom. The van der Waals surface area contributed by atoms with E-state index >= 15 is 0 Å². The molecule has 4 rings (SSSR count). The maximum Gasteiger partial charge on any atom is 0.258 e. The molecule has 0 saturated carbocycles. The minimum Gasteiger partial charge on any atom is -0.368 e. The lowest BCUT2D eigenvalue weighted by molar-refractivity contribution is 0.0742. The van der Waals surface area contributed by atoms with Gasteiger partial charge in [0.1, 0.15) is 11.6 Å². The number of hydrogen-bond acceptors (Lipinski definition) is 3. The van der Waals surface area contributed by atoms with E-state index in [2.05, 4.69) is 20.9 Å². The lowest BCUT2D eigenvalue weighted by Crippen LogP contribution is -2.49. The first-order chi connectivity index (χ1) is 12.5. The van der Waals surface area contributed by atoms with Gasteiger partial charge in [-0.15, -0.1) is 0 Å². The molecule has 0 aliphatic carbocycles. The van der Waals surface area contributed by atoms with Crippen LogP contribution < -0.4 is 4.90 Å². The maximum absolute atomic E-state index is 14.0. The first-order valence-corrected chi connectivity index (χ1v) is 8.85. The van der Waals surface area contributed by atoms with E-state index in [-0.39, 0.29) is 16.5 Å². The Kier molecular flexibility index (Phi) is 4.28. The molecule has 134 valence electrons. The normalized spacial score (nSPS) is 14.9. The summed E-state index contributed by atoms with van der Waals surface area (Å²) in [6.45, 7) is 4.32. The molecule has 0 bridgehead atoms. The highest BCUT2D eigenvalue weighted by molar-refractivity contribution is 6.33. The number of nitrogens with zero attached hydrogens (tertiary/aromatic N) is 3. The van der Waals surface area contributed by atoms with Gasteiger partial charge in [-0.05, 0) is 37.3 Å². The number of nitrogens with one attached hydrogen (secondary N) is 1. The van der Waals surface area contributed by atoms with E-state index < -0.39 is 5.82 Å². The average Bonchev–Trinajstić information content (AvgIpc) is 3.00. The molecule has 2 aromatic carbocycles. The van der Waals surface area contributed by atoms with Gasteiger partial charge in [0.15, 0.2) is 0 Å². The van der Waals surface area contributed by atoms with E-state index in [1.54, 1.807) is 4.90 Å². The number of imidazole rings is 1. The molecule has 0 unspecified atom stereocenters. The van der Waals surface area contributed by atoms with Gasteiger partial charge in [-0.25, -0.2) is 9.37 Å². The summed E-state index contributed by atoms with van der Waals surface area (Å²) in [5, 5.41) is 0.150. The first-order valence-electron chi connectivity index (χ1n) is 8.47. The maximum atomic E-state index is 14.0. The molecule has 2 heterocycles. The minimum absolute atomic E-state index is 0.0445. The Balaban J connectivity index is 1.48. The smallest absolute Gasteiger partial charge is 0.258 e. The molecular formula is C19H18ClFN4O. The van der Waals surface area contributed by atoms with Crippen LogP contribution in [-0.4, -0.2) is 47.0 Å². The number of rotatable bonds is 2. The number of H-pyrrole nitrogens is 1. The number of amides is 1. The van der Waals surface area contributed by atoms with Crippen molar-refractivity contribution in [1.29, 1.82) is 0 Å². The molecule has 1 N–H and O–H groups in total. The Hall–Kier alpha value is -2.60. The Bertz CT molecular complexity index is 959. The van der Waals surface area contributed by atoms with Crippen LogP contribution in [0.15, 0.2) is 36.4 Å². The van der Waals surface area contributed by atoms with Crippen LogP contribution in [0, 0.1) is 12.7 Å². The molecule has 26 heavy (non-hydrogen) atoms. The number of aromatic nitrogens is 2. The topological polar surface area (TPSA) is 52.2 Å². The Morgan fingerprint density at radius 3 is 2.69 bits per heavy atom. The highest BCUT2D eigenvalue weighted by Crippen LogP contribution is 2.24. The van der Waals surface area contributed by atoms with E-state index in [4.69, 9.17) is 11.6 Å². The van der Waals surface area contributed by atoms with Crippen LogP contribution in [0.3, 0.4) is 0 Å². The van der Waals surface area contributed by atoms with Gasteiger partial charge in [0.2, 0.25) is 0 Å². The number of carbonyl (C=O) groups is 1. The second kappa shape index (κ2) is 6.61. The van der Waals surface area contributed by atoms with Gasteiger partial charge in [-0.3, -0.25) is 4.79 Å². The Labute approximate surface area is 155 Å². The largest absolute Gasteiger partial charge is 0.368 e. The van der Waals surface area contributed by atoms with Crippen LogP contribution in [0.2, 0.25) is 5.02 Å². The molecule has 1 fully saturated rings. The SMILES string of the molecule is Cc1nc2ccc(N3CCN(C(=O)c4c(F)cccc4Cl)CC3)cc2[nH]1. The van der Waals surface area contributed by atoms with Crippen molar-refractivity contribution in [2.24, 2.45) is 0 Å². The van der Waals surface area contributed by atoms with Crippen molar-refractivity contribution < 1.29 is 9.18 Å². The van der Waals surface area contributed by atoms with Crippen LogP contribution >= 0.6 is 11.6 Å². The molecule has 1 aromatic heterocycles. The molecule has 5 nitrogen and oxygen atoms in total. The molecule has 7 heteroatoms. The van der Waals surface area contributed by atoms with Crippen LogP contribution in [0.1, 0.15) is 16.2 Å². The van der Waals surface area contributed by atoms with E-state index in [0.717, 1.165) is 22.5 Å². The lowest BCUT2D eigenvalue weighted by Gasteiger charge is -2.36. The van der Waals surface area contributed by atoms with Crippen molar-refractivity contribution in [3.63, 3.8) is 0 Å². The van der Waals surface area contributed by atoms with Crippen molar-refractivity contribution in [2.45, 2.75) is 6.92 Å². The summed E-state index contributed by atoms with van der Waals surface area (Å²) < 4.78 is 14.0. The monoisotopic (exact) mass is 372 g/mol. The van der Waals surface area contributed by atoms with Crippen LogP contribution in [0.4, 0.5) is 10.1 Å². The van der Waals surface area contributed by atoms with Crippen LogP contribution in [-0.2, 0) is 0 Å². The fourth-order valence-electron chi connectivity index (χ4n) is 3.35. The van der Waals surface area contributed by atoms with Crippen molar-refractivity contribution >= 4 is 34.2 Å². The fraction of sp³-hybridized carbons (Fsp3) is 0.263. The van der Waals surface area contributed by atoms with Gasteiger partial charge >= 0.3 is 0 Å². The average molecular weight is 373 g/mol. The zero-order chi connectivity index (χ0) is 18.3. The number of anilines is 1. The van der Waals surface area contributed by atoms with Gasteiger partial charge in [0.05, 0.1) is 21.6 Å². The van der Waals surface area contributed by atoms with Gasteiger partial charge in [-0.1, -0.05) is 17.7 Å².